The Bertz CT molecular complexity index is 788. The normalized spacial score (nSPS) is 26.1. The molecule has 3 heterocycles. The second kappa shape index (κ2) is 8.48. The minimum Gasteiger partial charge on any atom is -0.389 e. The highest BCUT2D eigenvalue weighted by Crippen LogP contribution is 2.27. The van der Waals surface area contributed by atoms with Crippen molar-refractivity contribution < 1.29 is 18.3 Å². The number of likely N-dealkylation sites (tertiary alicyclic amines) is 1. The highest BCUT2D eigenvalue weighted by atomic mass is 32.2. The molecule has 9 nitrogen and oxygen atoms in total. The zero-order chi connectivity index (χ0) is 20.4. The zero-order valence-electron chi connectivity index (χ0n) is 16.7. The fourth-order valence-electron chi connectivity index (χ4n) is 4.15. The van der Waals surface area contributed by atoms with Crippen molar-refractivity contribution in [3.05, 3.63) is 12.5 Å². The number of carbonyl (C=O) groups excluding carboxylic acids is 1. The predicted octanol–water partition coefficient (Wildman–Crippen LogP) is -0.0737. The van der Waals surface area contributed by atoms with Crippen LogP contribution in [0.3, 0.4) is 0 Å². The van der Waals surface area contributed by atoms with Gasteiger partial charge < -0.3 is 19.9 Å². The summed E-state index contributed by atoms with van der Waals surface area (Å²) in [6, 6.07) is 0.205. The van der Waals surface area contributed by atoms with Crippen LogP contribution in [0.25, 0.3) is 0 Å². The quantitative estimate of drug-likeness (QED) is 0.700. The lowest BCUT2D eigenvalue weighted by molar-refractivity contribution is -0.120. The van der Waals surface area contributed by atoms with E-state index in [9.17, 15) is 18.3 Å². The molecule has 0 saturated carbocycles. The molecule has 1 aromatic heterocycles. The van der Waals surface area contributed by atoms with Gasteiger partial charge in [0.2, 0.25) is 5.91 Å². The summed E-state index contributed by atoms with van der Waals surface area (Å²) < 4.78 is 28.7. The SMILES string of the molecule is CC(=O)NC1CCN(CC2(O)CCCN(S(=O)(=O)c3cn(C)cn3)CC2)CC1. The zero-order valence-corrected chi connectivity index (χ0v) is 17.5. The summed E-state index contributed by atoms with van der Waals surface area (Å²) in [6.07, 6.45) is 6.32. The first-order valence-corrected chi connectivity index (χ1v) is 11.3. The van der Waals surface area contributed by atoms with Gasteiger partial charge in [-0.2, -0.15) is 4.31 Å². The van der Waals surface area contributed by atoms with Crippen LogP contribution in [0.4, 0.5) is 0 Å². The molecule has 0 spiro atoms. The van der Waals surface area contributed by atoms with Crippen LogP contribution >= 0.6 is 0 Å². The number of piperidine rings is 1. The first-order valence-electron chi connectivity index (χ1n) is 9.88. The van der Waals surface area contributed by atoms with Crippen molar-refractivity contribution in [1.82, 2.24) is 24.1 Å². The van der Waals surface area contributed by atoms with Gasteiger partial charge in [0.1, 0.15) is 0 Å². The lowest BCUT2D eigenvalue weighted by atomic mass is 9.93. The van der Waals surface area contributed by atoms with E-state index in [2.05, 4.69) is 15.2 Å². The largest absolute Gasteiger partial charge is 0.389 e. The molecule has 2 N–H and O–H groups in total. The van der Waals surface area contributed by atoms with Gasteiger partial charge in [0.15, 0.2) is 5.03 Å². The average molecular weight is 414 g/mol. The number of aromatic nitrogens is 2. The molecule has 10 heteroatoms. The summed E-state index contributed by atoms with van der Waals surface area (Å²) in [5, 5.41) is 14.1. The number of rotatable bonds is 5. The van der Waals surface area contributed by atoms with Gasteiger partial charge in [-0.05, 0) is 32.1 Å². The van der Waals surface area contributed by atoms with Crippen LogP contribution in [-0.2, 0) is 21.9 Å². The number of aliphatic hydroxyl groups is 1. The van der Waals surface area contributed by atoms with E-state index in [1.807, 2.05) is 0 Å². The lowest BCUT2D eigenvalue weighted by Crippen LogP contribution is -2.50. The number of nitrogens with one attached hydrogen (secondary N) is 1. The summed E-state index contributed by atoms with van der Waals surface area (Å²) in [5.41, 5.74) is -0.894. The molecule has 2 saturated heterocycles. The van der Waals surface area contributed by atoms with E-state index in [0.29, 0.717) is 32.4 Å². The van der Waals surface area contributed by atoms with E-state index < -0.39 is 15.6 Å². The maximum Gasteiger partial charge on any atom is 0.262 e. The number of amides is 1. The van der Waals surface area contributed by atoms with Crippen molar-refractivity contribution in [3.8, 4) is 0 Å². The van der Waals surface area contributed by atoms with Gasteiger partial charge >= 0.3 is 0 Å². The Kier molecular flexibility index (Phi) is 6.43. The molecule has 0 aliphatic carbocycles. The number of imidazole rings is 1. The van der Waals surface area contributed by atoms with Crippen LogP contribution in [0, 0.1) is 0 Å². The van der Waals surface area contributed by atoms with Gasteiger partial charge in [-0.15, -0.1) is 0 Å². The Morgan fingerprint density at radius 1 is 1.29 bits per heavy atom. The third-order valence-electron chi connectivity index (χ3n) is 5.67. The molecular formula is C18H31N5O4S. The molecule has 3 rings (SSSR count). The van der Waals surface area contributed by atoms with E-state index in [1.54, 1.807) is 11.6 Å². The molecule has 28 heavy (non-hydrogen) atoms. The van der Waals surface area contributed by atoms with Crippen LogP contribution in [-0.4, -0.2) is 82.6 Å². The third-order valence-corrected chi connectivity index (χ3v) is 7.46. The van der Waals surface area contributed by atoms with Crippen molar-refractivity contribution in [2.24, 2.45) is 7.05 Å². The Morgan fingerprint density at radius 3 is 2.61 bits per heavy atom. The van der Waals surface area contributed by atoms with Crippen LogP contribution in [0.2, 0.25) is 0 Å². The molecule has 2 fully saturated rings. The predicted molar refractivity (Wildman–Crippen MR) is 104 cm³/mol. The number of carbonyl (C=O) groups is 1. The van der Waals surface area contributed by atoms with Crippen LogP contribution < -0.4 is 5.32 Å². The standard InChI is InChI=1S/C18H31N5O4S/c1-15(24)20-16-4-9-22(10-5-16)13-18(25)6-3-8-23(11-7-18)28(26,27)17-12-21(2)14-19-17/h12,14,16,25H,3-11,13H2,1-2H3,(H,20,24). The van der Waals surface area contributed by atoms with Gasteiger partial charge in [-0.1, -0.05) is 0 Å². The summed E-state index contributed by atoms with van der Waals surface area (Å²) in [5.74, 6) is -0.00458. The molecule has 0 aromatic carbocycles. The fraction of sp³-hybridized carbons (Fsp3) is 0.778. The summed E-state index contributed by atoms with van der Waals surface area (Å²) in [4.78, 5) is 17.4. The highest BCUT2D eigenvalue weighted by molar-refractivity contribution is 7.89. The topological polar surface area (TPSA) is 108 Å². The molecule has 2 aliphatic rings. The Hall–Kier alpha value is -1.49. The number of nitrogens with zero attached hydrogens (tertiary/aromatic N) is 4. The van der Waals surface area contributed by atoms with E-state index in [4.69, 9.17) is 0 Å². The lowest BCUT2D eigenvalue weighted by Gasteiger charge is -2.38. The van der Waals surface area contributed by atoms with Gasteiger partial charge in [-0.3, -0.25) is 4.79 Å². The summed E-state index contributed by atoms with van der Waals surface area (Å²) in [7, 11) is -1.89. The molecule has 1 aromatic rings. The van der Waals surface area contributed by atoms with Crippen molar-refractivity contribution in [2.75, 3.05) is 32.7 Å². The van der Waals surface area contributed by atoms with Gasteiger partial charge in [0.25, 0.3) is 10.0 Å². The Morgan fingerprint density at radius 2 is 2.00 bits per heavy atom. The van der Waals surface area contributed by atoms with Crippen molar-refractivity contribution in [3.63, 3.8) is 0 Å². The highest BCUT2D eigenvalue weighted by Gasteiger charge is 2.37. The third kappa shape index (κ3) is 5.11. The summed E-state index contributed by atoms with van der Waals surface area (Å²) >= 11 is 0. The first kappa shape index (κ1) is 21.2. The van der Waals surface area contributed by atoms with E-state index in [-0.39, 0.29) is 23.5 Å². The van der Waals surface area contributed by atoms with Gasteiger partial charge in [0, 0.05) is 58.9 Å². The fourth-order valence-corrected chi connectivity index (χ4v) is 5.59. The molecule has 1 atom stereocenters. The van der Waals surface area contributed by atoms with Crippen molar-refractivity contribution in [2.45, 2.75) is 55.7 Å². The number of sulfonamides is 1. The number of aryl methyl sites for hydroxylation is 1. The molecule has 1 unspecified atom stereocenters. The number of hydrogen-bond donors (Lipinski definition) is 2. The van der Waals surface area contributed by atoms with Gasteiger partial charge in [-0.25, -0.2) is 13.4 Å². The molecule has 0 radical (unpaired) electrons. The van der Waals surface area contributed by atoms with Crippen LogP contribution in [0.5, 0.6) is 0 Å². The molecular weight excluding hydrogens is 382 g/mol. The number of β-amino-alcohol motifs (C(OH)–C–C–N with tert-alkyl or cyclic N) is 1. The summed E-state index contributed by atoms with van der Waals surface area (Å²) in [6.45, 7) is 4.40. The van der Waals surface area contributed by atoms with Crippen molar-refractivity contribution in [1.29, 1.82) is 0 Å². The Balaban J connectivity index is 1.56. The minimum atomic E-state index is -3.63. The first-order chi connectivity index (χ1) is 13.2. The van der Waals surface area contributed by atoms with Gasteiger partial charge in [0.05, 0.1) is 11.9 Å². The van der Waals surface area contributed by atoms with Crippen LogP contribution in [0.15, 0.2) is 17.6 Å². The second-order valence-corrected chi connectivity index (χ2v) is 10.00. The Labute approximate surface area is 166 Å². The van der Waals surface area contributed by atoms with E-state index >= 15 is 0 Å². The second-order valence-electron chi connectivity index (χ2n) is 8.11. The van der Waals surface area contributed by atoms with E-state index in [0.717, 1.165) is 25.9 Å². The molecule has 0 bridgehead atoms. The average Bonchev–Trinajstić information content (AvgIpc) is 2.96. The molecule has 2 aliphatic heterocycles. The van der Waals surface area contributed by atoms with Crippen molar-refractivity contribution >= 4 is 15.9 Å². The van der Waals surface area contributed by atoms with Crippen LogP contribution in [0.1, 0.15) is 39.0 Å². The molecule has 1 amide bonds. The minimum absolute atomic E-state index is 0.00458. The maximum atomic E-state index is 12.8. The monoisotopic (exact) mass is 413 g/mol. The number of hydrogen-bond acceptors (Lipinski definition) is 6. The molecule has 158 valence electrons. The maximum absolute atomic E-state index is 12.8. The smallest absolute Gasteiger partial charge is 0.262 e. The van der Waals surface area contributed by atoms with E-state index in [1.165, 1.54) is 23.8 Å².